The summed E-state index contributed by atoms with van der Waals surface area (Å²) in [7, 11) is 0. The van der Waals surface area contributed by atoms with Crippen molar-refractivity contribution in [3.8, 4) is 0 Å². The Labute approximate surface area is 162 Å². The maximum atomic E-state index is 12.6. The molecular weight excluding hydrogens is 358 g/mol. The number of carbonyl (C=O) groups is 2. The highest BCUT2D eigenvalue weighted by atomic mass is 32.1. The Hall–Kier alpha value is -2.96. The lowest BCUT2D eigenvalue weighted by Crippen LogP contribution is -2.92. The van der Waals surface area contributed by atoms with Crippen LogP contribution in [-0.4, -0.2) is 17.9 Å². The van der Waals surface area contributed by atoms with E-state index in [2.05, 4.69) is 28.8 Å². The van der Waals surface area contributed by atoms with Gasteiger partial charge in [-0.1, -0.05) is 36.4 Å². The van der Waals surface area contributed by atoms with E-state index >= 15 is 0 Å². The number of thiophene rings is 1. The number of rotatable bonds is 7. The standard InChI is InChI=1S/C21H21N3O2S/c1-14(21(26)24-17-11-9-16(10-12-17)20(22)25)23-19(18-8-5-13-27-18)15-6-3-2-4-7-15/h2-14,19,23H,1H3,(H2,22,25)(H,24,26)/p+1/t14-,19+/m1/s1. The van der Waals surface area contributed by atoms with Crippen molar-refractivity contribution < 1.29 is 14.9 Å². The maximum absolute atomic E-state index is 12.6. The van der Waals surface area contributed by atoms with Gasteiger partial charge in [0.1, 0.15) is 6.04 Å². The van der Waals surface area contributed by atoms with Crippen LogP contribution in [0.4, 0.5) is 5.69 Å². The monoisotopic (exact) mass is 380 g/mol. The molecule has 0 aliphatic heterocycles. The lowest BCUT2D eigenvalue weighted by atomic mass is 10.0. The number of primary amides is 1. The van der Waals surface area contributed by atoms with Gasteiger partial charge in [-0.05, 0) is 42.6 Å². The molecule has 0 saturated carbocycles. The number of hydrogen-bond acceptors (Lipinski definition) is 3. The fraction of sp³-hybridized carbons (Fsp3) is 0.143. The van der Waals surface area contributed by atoms with Crippen molar-refractivity contribution in [2.45, 2.75) is 19.0 Å². The second kappa shape index (κ2) is 8.62. The van der Waals surface area contributed by atoms with Crippen molar-refractivity contribution in [3.63, 3.8) is 0 Å². The highest BCUT2D eigenvalue weighted by molar-refractivity contribution is 7.10. The third kappa shape index (κ3) is 4.81. The van der Waals surface area contributed by atoms with Gasteiger partial charge in [-0.3, -0.25) is 9.59 Å². The zero-order chi connectivity index (χ0) is 19.2. The van der Waals surface area contributed by atoms with Crippen LogP contribution < -0.4 is 16.4 Å². The highest BCUT2D eigenvalue weighted by Crippen LogP contribution is 2.22. The molecule has 3 rings (SSSR count). The summed E-state index contributed by atoms with van der Waals surface area (Å²) in [6.07, 6.45) is 0. The van der Waals surface area contributed by atoms with Crippen molar-refractivity contribution in [2.75, 3.05) is 5.32 Å². The van der Waals surface area contributed by atoms with Crippen LogP contribution in [0.25, 0.3) is 0 Å². The Morgan fingerprint density at radius 3 is 2.30 bits per heavy atom. The van der Waals surface area contributed by atoms with Crippen molar-refractivity contribution in [2.24, 2.45) is 5.73 Å². The number of amides is 2. The molecule has 138 valence electrons. The van der Waals surface area contributed by atoms with Gasteiger partial charge in [0.05, 0.1) is 4.88 Å². The average Bonchev–Trinajstić information content (AvgIpc) is 3.21. The smallest absolute Gasteiger partial charge is 0.282 e. The van der Waals surface area contributed by atoms with Crippen molar-refractivity contribution in [1.82, 2.24) is 0 Å². The topological polar surface area (TPSA) is 88.8 Å². The molecular formula is C21H22N3O2S+. The summed E-state index contributed by atoms with van der Waals surface area (Å²) in [6, 6.07) is 20.6. The number of anilines is 1. The lowest BCUT2D eigenvalue weighted by Gasteiger charge is -2.19. The van der Waals surface area contributed by atoms with Crippen LogP contribution in [0.15, 0.2) is 72.1 Å². The summed E-state index contributed by atoms with van der Waals surface area (Å²) in [5, 5.41) is 7.00. The molecule has 0 spiro atoms. The Balaban J connectivity index is 1.70. The molecule has 5 nitrogen and oxygen atoms in total. The Morgan fingerprint density at radius 1 is 1.00 bits per heavy atom. The van der Waals surface area contributed by atoms with Gasteiger partial charge in [-0.2, -0.15) is 0 Å². The lowest BCUT2D eigenvalue weighted by molar-refractivity contribution is -0.703. The maximum Gasteiger partial charge on any atom is 0.282 e. The van der Waals surface area contributed by atoms with E-state index in [1.807, 2.05) is 36.6 Å². The van der Waals surface area contributed by atoms with Crippen molar-refractivity contribution in [3.05, 3.63) is 88.1 Å². The molecule has 0 unspecified atom stereocenters. The molecule has 0 aliphatic rings. The Kier molecular flexibility index (Phi) is 6.01. The second-order valence-corrected chi connectivity index (χ2v) is 7.30. The molecule has 6 heteroatoms. The quantitative estimate of drug-likeness (QED) is 0.588. The third-order valence-electron chi connectivity index (χ3n) is 4.34. The molecule has 3 aromatic rings. The molecule has 1 aromatic heterocycles. The summed E-state index contributed by atoms with van der Waals surface area (Å²) in [5.41, 5.74) is 7.45. The van der Waals surface area contributed by atoms with E-state index < -0.39 is 5.91 Å². The molecule has 0 saturated heterocycles. The van der Waals surface area contributed by atoms with Crippen LogP contribution in [0.2, 0.25) is 0 Å². The van der Waals surface area contributed by atoms with Gasteiger partial charge in [0.15, 0.2) is 6.04 Å². The van der Waals surface area contributed by atoms with E-state index in [9.17, 15) is 9.59 Å². The van der Waals surface area contributed by atoms with Crippen LogP contribution >= 0.6 is 11.3 Å². The molecule has 0 aliphatic carbocycles. The molecule has 5 N–H and O–H groups in total. The SMILES string of the molecule is C[C@@H]([NH2+][C@@H](c1ccccc1)c1cccs1)C(=O)Nc1ccc(C(N)=O)cc1. The predicted octanol–water partition coefficient (Wildman–Crippen LogP) is 2.53. The van der Waals surface area contributed by atoms with Gasteiger partial charge in [-0.25, -0.2) is 0 Å². The van der Waals surface area contributed by atoms with Crippen molar-refractivity contribution in [1.29, 1.82) is 0 Å². The summed E-state index contributed by atoms with van der Waals surface area (Å²) in [4.78, 5) is 25.0. The normalized spacial score (nSPS) is 12.9. The van der Waals surface area contributed by atoms with E-state index in [4.69, 9.17) is 5.73 Å². The fourth-order valence-corrected chi connectivity index (χ4v) is 3.68. The third-order valence-corrected chi connectivity index (χ3v) is 5.30. The van der Waals surface area contributed by atoms with Gasteiger partial charge in [-0.15, -0.1) is 11.3 Å². The van der Waals surface area contributed by atoms with Gasteiger partial charge >= 0.3 is 0 Å². The number of hydrogen-bond donors (Lipinski definition) is 3. The van der Waals surface area contributed by atoms with Gasteiger partial charge in [0.25, 0.3) is 5.91 Å². The highest BCUT2D eigenvalue weighted by Gasteiger charge is 2.25. The predicted molar refractivity (Wildman–Crippen MR) is 108 cm³/mol. The molecule has 2 amide bonds. The zero-order valence-corrected chi connectivity index (χ0v) is 15.8. The fourth-order valence-electron chi connectivity index (χ4n) is 2.85. The molecule has 2 aromatic carbocycles. The number of quaternary nitrogens is 1. The Bertz CT molecular complexity index is 893. The van der Waals surface area contributed by atoms with E-state index in [1.165, 1.54) is 4.88 Å². The first-order chi connectivity index (χ1) is 13.0. The minimum absolute atomic E-state index is 0.0594. The molecule has 0 radical (unpaired) electrons. The number of nitrogens with two attached hydrogens (primary N) is 2. The van der Waals surface area contributed by atoms with E-state index in [-0.39, 0.29) is 18.0 Å². The zero-order valence-electron chi connectivity index (χ0n) is 15.0. The van der Waals surface area contributed by atoms with Crippen LogP contribution in [0.3, 0.4) is 0 Å². The minimum Gasteiger partial charge on any atom is -0.366 e. The number of carbonyl (C=O) groups excluding carboxylic acids is 2. The average molecular weight is 380 g/mol. The molecule has 27 heavy (non-hydrogen) atoms. The van der Waals surface area contributed by atoms with Gasteiger partial charge in [0.2, 0.25) is 5.91 Å². The van der Waals surface area contributed by atoms with E-state index in [0.29, 0.717) is 11.3 Å². The molecule has 2 atom stereocenters. The number of benzene rings is 2. The van der Waals surface area contributed by atoms with Gasteiger partial charge < -0.3 is 16.4 Å². The minimum atomic E-state index is -0.490. The molecule has 0 fully saturated rings. The van der Waals surface area contributed by atoms with Crippen LogP contribution in [0.5, 0.6) is 0 Å². The number of nitrogens with one attached hydrogen (secondary N) is 1. The largest absolute Gasteiger partial charge is 0.366 e. The summed E-state index contributed by atoms with van der Waals surface area (Å²) in [6.45, 7) is 1.89. The Morgan fingerprint density at radius 2 is 1.70 bits per heavy atom. The first-order valence-electron chi connectivity index (χ1n) is 8.68. The first kappa shape index (κ1) is 18.8. The van der Waals surface area contributed by atoms with Crippen LogP contribution in [0.1, 0.15) is 33.8 Å². The van der Waals surface area contributed by atoms with E-state index in [1.54, 1.807) is 35.6 Å². The van der Waals surface area contributed by atoms with Crippen LogP contribution in [0, 0.1) is 0 Å². The van der Waals surface area contributed by atoms with E-state index in [0.717, 1.165) is 5.56 Å². The summed E-state index contributed by atoms with van der Waals surface area (Å²) < 4.78 is 0. The second-order valence-electron chi connectivity index (χ2n) is 6.32. The summed E-state index contributed by atoms with van der Waals surface area (Å²) in [5.74, 6) is -0.587. The van der Waals surface area contributed by atoms with Crippen LogP contribution in [-0.2, 0) is 4.79 Å². The van der Waals surface area contributed by atoms with Gasteiger partial charge in [0, 0.05) is 16.8 Å². The molecule has 0 bridgehead atoms. The first-order valence-corrected chi connectivity index (χ1v) is 9.56. The van der Waals surface area contributed by atoms with Crippen molar-refractivity contribution >= 4 is 28.8 Å². The summed E-state index contributed by atoms with van der Waals surface area (Å²) >= 11 is 1.68. The molecule has 1 heterocycles.